The van der Waals surface area contributed by atoms with E-state index in [1.807, 2.05) is 13.0 Å². The molecule has 1 aliphatic heterocycles. The van der Waals surface area contributed by atoms with Gasteiger partial charge in [0.2, 0.25) is 10.0 Å². The SMILES string of the molecule is Cc1ccc(S(=O)(=O)N2CC(OCc3cccc(F)c3)C2)c(C)c1. The lowest BCUT2D eigenvalue weighted by molar-refractivity contribution is -0.0296. The molecule has 3 rings (SSSR count). The zero-order chi connectivity index (χ0) is 17.3. The van der Waals surface area contributed by atoms with Gasteiger partial charge in [0.15, 0.2) is 0 Å². The number of halogens is 1. The number of ether oxygens (including phenoxy) is 1. The first kappa shape index (κ1) is 17.1. The van der Waals surface area contributed by atoms with E-state index in [2.05, 4.69) is 0 Å². The van der Waals surface area contributed by atoms with E-state index in [1.54, 1.807) is 31.2 Å². The third-order valence-corrected chi connectivity index (χ3v) is 6.13. The molecule has 0 saturated carbocycles. The van der Waals surface area contributed by atoms with Crippen molar-refractivity contribution in [2.45, 2.75) is 31.5 Å². The van der Waals surface area contributed by atoms with Crippen molar-refractivity contribution in [3.05, 3.63) is 65.0 Å². The molecular formula is C18H20FNO3S. The second kappa shape index (κ2) is 6.63. The maximum absolute atomic E-state index is 13.1. The lowest BCUT2D eigenvalue weighted by atomic mass is 10.2. The van der Waals surface area contributed by atoms with Gasteiger partial charge in [0.05, 0.1) is 17.6 Å². The van der Waals surface area contributed by atoms with Gasteiger partial charge in [0.1, 0.15) is 5.82 Å². The van der Waals surface area contributed by atoms with Crippen molar-refractivity contribution in [2.24, 2.45) is 0 Å². The third-order valence-electron chi connectivity index (χ3n) is 4.14. The van der Waals surface area contributed by atoms with Crippen LogP contribution in [0, 0.1) is 19.7 Å². The van der Waals surface area contributed by atoms with Crippen LogP contribution in [0.25, 0.3) is 0 Å². The Morgan fingerprint density at radius 2 is 1.92 bits per heavy atom. The van der Waals surface area contributed by atoms with Crippen molar-refractivity contribution >= 4 is 10.0 Å². The molecule has 0 amide bonds. The second-order valence-corrected chi connectivity index (χ2v) is 8.06. The monoisotopic (exact) mass is 349 g/mol. The molecule has 2 aromatic rings. The Bertz CT molecular complexity index is 845. The highest BCUT2D eigenvalue weighted by molar-refractivity contribution is 7.89. The molecule has 0 radical (unpaired) electrons. The minimum Gasteiger partial charge on any atom is -0.371 e. The van der Waals surface area contributed by atoms with Crippen LogP contribution in [0.3, 0.4) is 0 Å². The van der Waals surface area contributed by atoms with Gasteiger partial charge in [-0.05, 0) is 43.2 Å². The molecule has 128 valence electrons. The summed E-state index contributed by atoms with van der Waals surface area (Å²) in [7, 11) is -3.48. The number of rotatable bonds is 5. The number of hydrogen-bond acceptors (Lipinski definition) is 3. The molecule has 0 bridgehead atoms. The lowest BCUT2D eigenvalue weighted by Crippen LogP contribution is -2.54. The highest BCUT2D eigenvalue weighted by Crippen LogP contribution is 2.26. The summed E-state index contributed by atoms with van der Waals surface area (Å²) in [6.07, 6.45) is -0.159. The van der Waals surface area contributed by atoms with Crippen molar-refractivity contribution in [2.75, 3.05) is 13.1 Å². The molecular weight excluding hydrogens is 329 g/mol. The first-order chi connectivity index (χ1) is 11.4. The van der Waals surface area contributed by atoms with Gasteiger partial charge in [-0.15, -0.1) is 0 Å². The minimum atomic E-state index is -3.48. The predicted octanol–water partition coefficient (Wildman–Crippen LogP) is 3.03. The molecule has 1 heterocycles. The van der Waals surface area contributed by atoms with E-state index >= 15 is 0 Å². The van der Waals surface area contributed by atoms with Gasteiger partial charge in [0.25, 0.3) is 0 Å². The molecule has 6 heteroatoms. The van der Waals surface area contributed by atoms with E-state index in [4.69, 9.17) is 4.74 Å². The average molecular weight is 349 g/mol. The van der Waals surface area contributed by atoms with Gasteiger partial charge in [-0.3, -0.25) is 0 Å². The van der Waals surface area contributed by atoms with E-state index in [-0.39, 0.29) is 18.5 Å². The quantitative estimate of drug-likeness (QED) is 0.834. The summed E-state index contributed by atoms with van der Waals surface area (Å²) in [6, 6.07) is 11.5. The van der Waals surface area contributed by atoms with Crippen molar-refractivity contribution in [1.82, 2.24) is 4.31 Å². The molecule has 0 aliphatic carbocycles. The molecule has 1 saturated heterocycles. The second-order valence-electron chi connectivity index (χ2n) is 6.15. The summed E-state index contributed by atoms with van der Waals surface area (Å²) in [6.45, 7) is 4.66. The molecule has 0 spiro atoms. The van der Waals surface area contributed by atoms with Crippen LogP contribution < -0.4 is 0 Å². The Balaban J connectivity index is 1.59. The van der Waals surface area contributed by atoms with Gasteiger partial charge in [0, 0.05) is 13.1 Å². The van der Waals surface area contributed by atoms with Gasteiger partial charge in [-0.25, -0.2) is 12.8 Å². The van der Waals surface area contributed by atoms with Crippen LogP contribution in [0.5, 0.6) is 0 Å². The van der Waals surface area contributed by atoms with Gasteiger partial charge in [-0.2, -0.15) is 4.31 Å². The van der Waals surface area contributed by atoms with Crippen molar-refractivity contribution < 1.29 is 17.5 Å². The highest BCUT2D eigenvalue weighted by atomic mass is 32.2. The van der Waals surface area contributed by atoms with Crippen LogP contribution >= 0.6 is 0 Å². The Kier molecular flexibility index (Phi) is 4.71. The third kappa shape index (κ3) is 3.50. The van der Waals surface area contributed by atoms with Gasteiger partial charge >= 0.3 is 0 Å². The number of hydrogen-bond donors (Lipinski definition) is 0. The average Bonchev–Trinajstić information content (AvgIpc) is 2.45. The maximum Gasteiger partial charge on any atom is 0.243 e. The summed E-state index contributed by atoms with van der Waals surface area (Å²) in [4.78, 5) is 0.344. The van der Waals surface area contributed by atoms with E-state index in [1.165, 1.54) is 16.4 Å². The van der Waals surface area contributed by atoms with Crippen LogP contribution in [-0.2, 0) is 21.4 Å². The van der Waals surface area contributed by atoms with Crippen LogP contribution in [0.1, 0.15) is 16.7 Å². The predicted molar refractivity (Wildman–Crippen MR) is 89.7 cm³/mol. The van der Waals surface area contributed by atoms with E-state index in [0.29, 0.717) is 18.0 Å². The molecule has 1 aliphatic rings. The Morgan fingerprint density at radius 1 is 1.17 bits per heavy atom. The Labute approximate surface area is 141 Å². The lowest BCUT2D eigenvalue weighted by Gasteiger charge is -2.38. The van der Waals surface area contributed by atoms with Gasteiger partial charge in [-0.1, -0.05) is 29.8 Å². The van der Waals surface area contributed by atoms with Crippen molar-refractivity contribution in [3.63, 3.8) is 0 Å². The fourth-order valence-corrected chi connectivity index (χ4v) is 4.48. The number of nitrogens with zero attached hydrogens (tertiary/aromatic N) is 1. The molecule has 1 fully saturated rings. The summed E-state index contributed by atoms with van der Waals surface area (Å²) >= 11 is 0. The first-order valence-electron chi connectivity index (χ1n) is 7.80. The highest BCUT2D eigenvalue weighted by Gasteiger charge is 2.37. The fraction of sp³-hybridized carbons (Fsp3) is 0.333. The van der Waals surface area contributed by atoms with E-state index in [0.717, 1.165) is 16.7 Å². The smallest absolute Gasteiger partial charge is 0.243 e. The molecule has 2 aromatic carbocycles. The largest absolute Gasteiger partial charge is 0.371 e. The molecule has 0 aromatic heterocycles. The summed E-state index contributed by atoms with van der Waals surface area (Å²) in [5, 5.41) is 0. The number of sulfonamides is 1. The van der Waals surface area contributed by atoms with Crippen LogP contribution in [-0.4, -0.2) is 31.9 Å². The summed E-state index contributed by atoms with van der Waals surface area (Å²) in [5.41, 5.74) is 2.52. The number of aryl methyl sites for hydroxylation is 2. The number of benzene rings is 2. The maximum atomic E-state index is 13.1. The van der Waals surface area contributed by atoms with Crippen LogP contribution in [0.15, 0.2) is 47.4 Å². The topological polar surface area (TPSA) is 46.6 Å². The van der Waals surface area contributed by atoms with Crippen LogP contribution in [0.2, 0.25) is 0 Å². The molecule has 4 nitrogen and oxygen atoms in total. The first-order valence-corrected chi connectivity index (χ1v) is 9.24. The van der Waals surface area contributed by atoms with E-state index < -0.39 is 10.0 Å². The fourth-order valence-electron chi connectivity index (χ4n) is 2.77. The standard InChI is InChI=1S/C18H20FNO3S/c1-13-6-7-18(14(2)8-13)24(21,22)20-10-17(11-20)23-12-15-4-3-5-16(19)9-15/h3-9,17H,10-12H2,1-2H3. The zero-order valence-electron chi connectivity index (χ0n) is 13.7. The van der Waals surface area contributed by atoms with E-state index in [9.17, 15) is 12.8 Å². The molecule has 0 N–H and O–H groups in total. The van der Waals surface area contributed by atoms with Crippen molar-refractivity contribution in [3.8, 4) is 0 Å². The molecule has 0 unspecified atom stereocenters. The normalized spacial score (nSPS) is 16.1. The molecule has 0 atom stereocenters. The van der Waals surface area contributed by atoms with Crippen molar-refractivity contribution in [1.29, 1.82) is 0 Å². The molecule has 24 heavy (non-hydrogen) atoms. The van der Waals surface area contributed by atoms with Gasteiger partial charge < -0.3 is 4.74 Å². The summed E-state index contributed by atoms with van der Waals surface area (Å²) in [5.74, 6) is -0.302. The van der Waals surface area contributed by atoms with Crippen LogP contribution in [0.4, 0.5) is 4.39 Å². The zero-order valence-corrected chi connectivity index (χ0v) is 14.5. The Morgan fingerprint density at radius 3 is 2.58 bits per heavy atom. The Hall–Kier alpha value is -1.76. The summed E-state index contributed by atoms with van der Waals surface area (Å²) < 4.78 is 45.5. The minimum absolute atomic E-state index is 0.159.